The van der Waals surface area contributed by atoms with Crippen molar-refractivity contribution in [2.75, 3.05) is 12.3 Å². The van der Waals surface area contributed by atoms with Gasteiger partial charge < -0.3 is 10.5 Å². The van der Waals surface area contributed by atoms with Gasteiger partial charge in [0, 0.05) is 12.2 Å². The van der Waals surface area contributed by atoms with Gasteiger partial charge in [0.1, 0.15) is 5.60 Å². The molecule has 2 amide bonds. The first-order valence-electron chi connectivity index (χ1n) is 6.11. The van der Waals surface area contributed by atoms with Gasteiger partial charge in [0.05, 0.1) is 0 Å². The maximum atomic E-state index is 11.7. The summed E-state index contributed by atoms with van der Waals surface area (Å²) in [7, 11) is 0. The third-order valence-electron chi connectivity index (χ3n) is 2.35. The van der Waals surface area contributed by atoms with Crippen molar-refractivity contribution < 1.29 is 14.3 Å². The number of nitrogens with two attached hydrogens (primary N) is 1. The van der Waals surface area contributed by atoms with E-state index in [0.717, 1.165) is 10.5 Å². The van der Waals surface area contributed by atoms with Crippen molar-refractivity contribution in [2.24, 2.45) is 0 Å². The van der Waals surface area contributed by atoms with Crippen molar-refractivity contribution in [1.82, 2.24) is 4.90 Å². The Labute approximate surface area is 113 Å². The molecule has 0 heterocycles. The zero-order chi connectivity index (χ0) is 14.5. The predicted molar refractivity (Wildman–Crippen MR) is 73.6 cm³/mol. The smallest absolute Gasteiger partial charge is 0.416 e. The summed E-state index contributed by atoms with van der Waals surface area (Å²) in [4.78, 5) is 23.7. The average Bonchev–Trinajstić information content (AvgIpc) is 2.27. The molecule has 0 saturated heterocycles. The van der Waals surface area contributed by atoms with E-state index in [1.54, 1.807) is 26.8 Å². The SMILES string of the molecule is CC(C)(C)OC(=O)N(C=O)CCc1cccc(N)c1. The molecule has 0 bridgehead atoms. The summed E-state index contributed by atoms with van der Waals surface area (Å²) >= 11 is 0. The lowest BCUT2D eigenvalue weighted by molar-refractivity contribution is -0.117. The third-order valence-corrected chi connectivity index (χ3v) is 2.35. The maximum absolute atomic E-state index is 11.7. The standard InChI is InChI=1S/C14H20N2O3/c1-14(2,3)19-13(18)16(10-17)8-7-11-5-4-6-12(15)9-11/h4-6,9-10H,7-8,15H2,1-3H3. The first kappa shape index (κ1) is 15.0. The fraction of sp³-hybridized carbons (Fsp3) is 0.429. The Morgan fingerprint density at radius 2 is 2.11 bits per heavy atom. The quantitative estimate of drug-likeness (QED) is 0.668. The van der Waals surface area contributed by atoms with E-state index in [-0.39, 0.29) is 6.54 Å². The number of benzene rings is 1. The molecule has 0 radical (unpaired) electrons. The van der Waals surface area contributed by atoms with Crippen LogP contribution in [0.15, 0.2) is 24.3 Å². The lowest BCUT2D eigenvalue weighted by atomic mass is 10.1. The van der Waals surface area contributed by atoms with Crippen molar-refractivity contribution >= 4 is 18.2 Å². The number of carbonyl (C=O) groups is 2. The second-order valence-corrected chi connectivity index (χ2v) is 5.27. The summed E-state index contributed by atoms with van der Waals surface area (Å²) < 4.78 is 5.13. The number of anilines is 1. The Kier molecular flexibility index (Phi) is 4.92. The van der Waals surface area contributed by atoms with Crippen LogP contribution in [-0.2, 0) is 16.0 Å². The molecule has 0 unspecified atom stereocenters. The van der Waals surface area contributed by atoms with E-state index < -0.39 is 11.7 Å². The molecule has 0 atom stereocenters. The minimum absolute atomic E-state index is 0.266. The van der Waals surface area contributed by atoms with Crippen LogP contribution in [0.4, 0.5) is 10.5 Å². The van der Waals surface area contributed by atoms with Gasteiger partial charge in [-0.1, -0.05) is 12.1 Å². The molecule has 104 valence electrons. The molecule has 1 aromatic carbocycles. The number of hydrogen-bond acceptors (Lipinski definition) is 4. The topological polar surface area (TPSA) is 72.6 Å². The predicted octanol–water partition coefficient (Wildman–Crippen LogP) is 2.20. The van der Waals surface area contributed by atoms with Gasteiger partial charge in [-0.3, -0.25) is 4.79 Å². The fourth-order valence-electron chi connectivity index (χ4n) is 1.51. The summed E-state index contributed by atoms with van der Waals surface area (Å²) in [6, 6.07) is 7.34. The lowest BCUT2D eigenvalue weighted by Crippen LogP contribution is -2.37. The fourth-order valence-corrected chi connectivity index (χ4v) is 1.51. The summed E-state index contributed by atoms with van der Waals surface area (Å²) in [5.41, 5.74) is 6.68. The largest absolute Gasteiger partial charge is 0.443 e. The van der Waals surface area contributed by atoms with Crippen LogP contribution in [-0.4, -0.2) is 29.5 Å². The minimum Gasteiger partial charge on any atom is -0.443 e. The average molecular weight is 264 g/mol. The van der Waals surface area contributed by atoms with Gasteiger partial charge in [-0.15, -0.1) is 0 Å². The Balaban J connectivity index is 2.58. The summed E-state index contributed by atoms with van der Waals surface area (Å²) in [6.45, 7) is 5.53. The van der Waals surface area contributed by atoms with E-state index in [1.165, 1.54) is 0 Å². The molecule has 0 aliphatic rings. The molecule has 1 aromatic rings. The Morgan fingerprint density at radius 3 is 2.63 bits per heavy atom. The van der Waals surface area contributed by atoms with Crippen molar-refractivity contribution in [3.8, 4) is 0 Å². The minimum atomic E-state index is -0.633. The molecule has 5 nitrogen and oxygen atoms in total. The van der Waals surface area contributed by atoms with Gasteiger partial charge in [0.25, 0.3) is 0 Å². The monoisotopic (exact) mass is 264 g/mol. The van der Waals surface area contributed by atoms with Gasteiger partial charge >= 0.3 is 6.09 Å². The number of hydrogen-bond donors (Lipinski definition) is 1. The van der Waals surface area contributed by atoms with Gasteiger partial charge in [-0.05, 0) is 44.9 Å². The number of ether oxygens (including phenoxy) is 1. The van der Waals surface area contributed by atoms with E-state index in [1.807, 2.05) is 18.2 Å². The van der Waals surface area contributed by atoms with Gasteiger partial charge in [-0.25, -0.2) is 9.69 Å². The molecular formula is C14H20N2O3. The molecule has 19 heavy (non-hydrogen) atoms. The zero-order valence-corrected chi connectivity index (χ0v) is 11.6. The summed E-state index contributed by atoms with van der Waals surface area (Å²) in [5.74, 6) is 0. The molecule has 0 aliphatic heterocycles. The first-order valence-corrected chi connectivity index (χ1v) is 6.11. The van der Waals surface area contributed by atoms with Gasteiger partial charge in [0.15, 0.2) is 0 Å². The van der Waals surface area contributed by atoms with Crippen LogP contribution < -0.4 is 5.73 Å². The highest BCUT2D eigenvalue weighted by Gasteiger charge is 2.21. The highest BCUT2D eigenvalue weighted by atomic mass is 16.6. The van der Waals surface area contributed by atoms with E-state index in [0.29, 0.717) is 18.5 Å². The van der Waals surface area contributed by atoms with E-state index in [4.69, 9.17) is 10.5 Å². The highest BCUT2D eigenvalue weighted by Crippen LogP contribution is 2.11. The first-order chi connectivity index (χ1) is 8.81. The molecule has 1 rings (SSSR count). The Bertz CT molecular complexity index is 452. The van der Waals surface area contributed by atoms with E-state index >= 15 is 0 Å². The molecule has 0 fully saturated rings. The number of amides is 2. The normalized spacial score (nSPS) is 10.9. The van der Waals surface area contributed by atoms with Crippen molar-refractivity contribution in [3.05, 3.63) is 29.8 Å². The van der Waals surface area contributed by atoms with Crippen LogP contribution in [0.5, 0.6) is 0 Å². The molecule has 0 aromatic heterocycles. The molecular weight excluding hydrogens is 244 g/mol. The molecule has 0 saturated carbocycles. The second kappa shape index (κ2) is 6.22. The van der Waals surface area contributed by atoms with Gasteiger partial charge in [-0.2, -0.15) is 0 Å². The van der Waals surface area contributed by atoms with Crippen LogP contribution in [0.3, 0.4) is 0 Å². The number of rotatable bonds is 4. The number of nitrogen functional groups attached to an aromatic ring is 1. The van der Waals surface area contributed by atoms with Crippen LogP contribution in [0, 0.1) is 0 Å². The zero-order valence-electron chi connectivity index (χ0n) is 11.6. The molecule has 2 N–H and O–H groups in total. The van der Waals surface area contributed by atoms with Crippen molar-refractivity contribution in [2.45, 2.75) is 32.8 Å². The molecule has 5 heteroatoms. The molecule has 0 aliphatic carbocycles. The third kappa shape index (κ3) is 5.42. The number of imide groups is 1. The highest BCUT2D eigenvalue weighted by molar-refractivity contribution is 5.80. The second-order valence-electron chi connectivity index (χ2n) is 5.27. The molecule has 0 spiro atoms. The van der Waals surface area contributed by atoms with Crippen LogP contribution in [0.25, 0.3) is 0 Å². The summed E-state index contributed by atoms with van der Waals surface area (Å²) in [6.07, 6.45) is 0.398. The van der Waals surface area contributed by atoms with Crippen LogP contribution >= 0.6 is 0 Å². The Morgan fingerprint density at radius 1 is 1.42 bits per heavy atom. The van der Waals surface area contributed by atoms with Crippen LogP contribution in [0.1, 0.15) is 26.3 Å². The van der Waals surface area contributed by atoms with Crippen molar-refractivity contribution in [3.63, 3.8) is 0 Å². The van der Waals surface area contributed by atoms with E-state index in [9.17, 15) is 9.59 Å². The van der Waals surface area contributed by atoms with E-state index in [2.05, 4.69) is 0 Å². The summed E-state index contributed by atoms with van der Waals surface area (Å²) in [5, 5.41) is 0. The van der Waals surface area contributed by atoms with Crippen molar-refractivity contribution in [1.29, 1.82) is 0 Å². The Hall–Kier alpha value is -2.04. The maximum Gasteiger partial charge on any atom is 0.416 e. The number of carbonyl (C=O) groups excluding carboxylic acids is 2. The van der Waals surface area contributed by atoms with Gasteiger partial charge in [0.2, 0.25) is 6.41 Å². The van der Waals surface area contributed by atoms with Crippen LogP contribution in [0.2, 0.25) is 0 Å². The lowest BCUT2D eigenvalue weighted by Gasteiger charge is -2.23. The number of nitrogens with zero attached hydrogens (tertiary/aromatic N) is 1.